The highest BCUT2D eigenvalue weighted by Crippen LogP contribution is 2.27. The molecule has 0 aromatic heterocycles. The van der Waals surface area contributed by atoms with E-state index in [1.165, 1.54) is 5.56 Å². The van der Waals surface area contributed by atoms with Gasteiger partial charge in [-0.3, -0.25) is 4.79 Å². The van der Waals surface area contributed by atoms with Crippen molar-refractivity contribution in [1.29, 1.82) is 0 Å². The van der Waals surface area contributed by atoms with Crippen LogP contribution in [0.2, 0.25) is 0 Å². The van der Waals surface area contributed by atoms with E-state index in [0.717, 1.165) is 39.1 Å². The Morgan fingerprint density at radius 2 is 2.05 bits per heavy atom. The van der Waals surface area contributed by atoms with Crippen molar-refractivity contribution in [3.8, 4) is 0 Å². The Labute approximate surface area is 120 Å². The quantitative estimate of drug-likeness (QED) is 0.822. The average Bonchev–Trinajstić information content (AvgIpc) is 3.02. The van der Waals surface area contributed by atoms with Crippen LogP contribution in [0.3, 0.4) is 0 Å². The molecule has 2 aliphatic rings. The number of carbonyl (C=O) groups excluding carboxylic acids is 1. The first-order chi connectivity index (χ1) is 9.75. The molecule has 3 rings (SSSR count). The van der Waals surface area contributed by atoms with Crippen molar-refractivity contribution in [2.24, 2.45) is 0 Å². The first-order valence-corrected chi connectivity index (χ1v) is 7.41. The van der Waals surface area contributed by atoms with Crippen LogP contribution >= 0.6 is 0 Å². The summed E-state index contributed by atoms with van der Waals surface area (Å²) in [6.45, 7) is 3.33. The standard InChI is InChI=1S/C16H22N2O2/c1-17-9-10-18(16(19)15-8-5-11-20-15)14(12-17)13-6-3-2-4-7-13/h2-4,6-7,14-15H,5,8-12H2,1H3. The maximum absolute atomic E-state index is 12.7. The molecule has 2 heterocycles. The summed E-state index contributed by atoms with van der Waals surface area (Å²) in [5.41, 5.74) is 1.21. The molecule has 0 saturated carbocycles. The molecule has 4 heteroatoms. The van der Waals surface area contributed by atoms with Gasteiger partial charge in [0, 0.05) is 26.2 Å². The number of carbonyl (C=O) groups is 1. The minimum atomic E-state index is -0.218. The summed E-state index contributed by atoms with van der Waals surface area (Å²) in [6.07, 6.45) is 1.65. The number of hydrogen-bond acceptors (Lipinski definition) is 3. The number of ether oxygens (including phenoxy) is 1. The van der Waals surface area contributed by atoms with Gasteiger partial charge in [0.2, 0.25) is 0 Å². The van der Waals surface area contributed by atoms with E-state index in [-0.39, 0.29) is 18.1 Å². The van der Waals surface area contributed by atoms with Gasteiger partial charge < -0.3 is 14.5 Å². The molecule has 2 fully saturated rings. The molecule has 2 atom stereocenters. The van der Waals surface area contributed by atoms with Crippen LogP contribution in [-0.2, 0) is 9.53 Å². The monoisotopic (exact) mass is 274 g/mol. The number of nitrogens with zero attached hydrogens (tertiary/aromatic N) is 2. The van der Waals surface area contributed by atoms with E-state index >= 15 is 0 Å². The zero-order valence-corrected chi connectivity index (χ0v) is 12.0. The van der Waals surface area contributed by atoms with E-state index in [2.05, 4.69) is 24.1 Å². The number of hydrogen-bond donors (Lipinski definition) is 0. The molecule has 0 bridgehead atoms. The summed E-state index contributed by atoms with van der Waals surface area (Å²) in [6, 6.07) is 10.5. The van der Waals surface area contributed by atoms with E-state index in [1.54, 1.807) is 0 Å². The highest BCUT2D eigenvalue weighted by molar-refractivity contribution is 5.81. The Morgan fingerprint density at radius 1 is 1.25 bits per heavy atom. The van der Waals surface area contributed by atoms with Crippen LogP contribution < -0.4 is 0 Å². The lowest BCUT2D eigenvalue weighted by molar-refractivity contribution is -0.146. The molecule has 4 nitrogen and oxygen atoms in total. The SMILES string of the molecule is CN1CCN(C(=O)C2CCCO2)C(c2ccccc2)C1. The number of amides is 1. The van der Waals surface area contributed by atoms with Crippen molar-refractivity contribution >= 4 is 5.91 Å². The smallest absolute Gasteiger partial charge is 0.252 e. The lowest BCUT2D eigenvalue weighted by Crippen LogP contribution is -2.52. The lowest BCUT2D eigenvalue weighted by Gasteiger charge is -2.41. The van der Waals surface area contributed by atoms with Gasteiger partial charge in [-0.05, 0) is 25.5 Å². The molecule has 0 spiro atoms. The second-order valence-electron chi connectivity index (χ2n) is 5.72. The summed E-state index contributed by atoms with van der Waals surface area (Å²) in [5, 5.41) is 0. The molecule has 2 aliphatic heterocycles. The third-order valence-corrected chi connectivity index (χ3v) is 4.26. The van der Waals surface area contributed by atoms with Gasteiger partial charge in [-0.15, -0.1) is 0 Å². The third-order valence-electron chi connectivity index (χ3n) is 4.26. The van der Waals surface area contributed by atoms with Gasteiger partial charge in [0.05, 0.1) is 6.04 Å². The largest absolute Gasteiger partial charge is 0.368 e. The van der Waals surface area contributed by atoms with Gasteiger partial charge in [0.25, 0.3) is 5.91 Å². The highest BCUT2D eigenvalue weighted by Gasteiger charge is 2.35. The van der Waals surface area contributed by atoms with Crippen LogP contribution in [0.4, 0.5) is 0 Å². The van der Waals surface area contributed by atoms with E-state index in [4.69, 9.17) is 4.74 Å². The average molecular weight is 274 g/mol. The maximum atomic E-state index is 12.7. The fourth-order valence-electron chi connectivity index (χ4n) is 3.10. The van der Waals surface area contributed by atoms with Crippen LogP contribution in [0, 0.1) is 0 Å². The van der Waals surface area contributed by atoms with Crippen molar-refractivity contribution in [2.75, 3.05) is 33.3 Å². The van der Waals surface area contributed by atoms with E-state index in [0.29, 0.717) is 0 Å². The molecule has 0 N–H and O–H groups in total. The Bertz CT molecular complexity index is 457. The minimum Gasteiger partial charge on any atom is -0.368 e. The van der Waals surface area contributed by atoms with E-state index in [9.17, 15) is 4.79 Å². The van der Waals surface area contributed by atoms with Gasteiger partial charge >= 0.3 is 0 Å². The summed E-state index contributed by atoms with van der Waals surface area (Å²) in [4.78, 5) is 17.0. The zero-order valence-electron chi connectivity index (χ0n) is 12.0. The number of rotatable bonds is 2. The summed E-state index contributed by atoms with van der Waals surface area (Å²) in [7, 11) is 2.11. The first kappa shape index (κ1) is 13.6. The number of piperazine rings is 1. The maximum Gasteiger partial charge on any atom is 0.252 e. The lowest BCUT2D eigenvalue weighted by atomic mass is 10.0. The van der Waals surface area contributed by atoms with Crippen LogP contribution in [0.1, 0.15) is 24.4 Å². The van der Waals surface area contributed by atoms with E-state index in [1.807, 2.05) is 23.1 Å². The molecule has 2 unspecified atom stereocenters. The molecule has 0 radical (unpaired) electrons. The van der Waals surface area contributed by atoms with Gasteiger partial charge in [0.15, 0.2) is 0 Å². The normalized spacial score (nSPS) is 27.8. The van der Waals surface area contributed by atoms with Gasteiger partial charge in [-0.2, -0.15) is 0 Å². The van der Waals surface area contributed by atoms with Crippen LogP contribution in [-0.4, -0.2) is 55.1 Å². The zero-order chi connectivity index (χ0) is 13.9. The van der Waals surface area contributed by atoms with Crippen LogP contribution in [0.15, 0.2) is 30.3 Å². The molecule has 2 saturated heterocycles. The van der Waals surface area contributed by atoms with Crippen molar-refractivity contribution in [2.45, 2.75) is 25.0 Å². The summed E-state index contributed by atoms with van der Waals surface area (Å²) >= 11 is 0. The molecule has 0 aliphatic carbocycles. The fourth-order valence-corrected chi connectivity index (χ4v) is 3.10. The second kappa shape index (κ2) is 5.94. The predicted molar refractivity (Wildman–Crippen MR) is 77.4 cm³/mol. The first-order valence-electron chi connectivity index (χ1n) is 7.41. The number of likely N-dealkylation sites (N-methyl/N-ethyl adjacent to an activating group) is 1. The van der Waals surface area contributed by atoms with E-state index < -0.39 is 0 Å². The van der Waals surface area contributed by atoms with Crippen molar-refractivity contribution < 1.29 is 9.53 Å². The van der Waals surface area contributed by atoms with Gasteiger partial charge in [0.1, 0.15) is 6.10 Å². The number of benzene rings is 1. The molecule has 108 valence electrons. The topological polar surface area (TPSA) is 32.8 Å². The molecular weight excluding hydrogens is 252 g/mol. The molecular formula is C16H22N2O2. The Balaban J connectivity index is 1.81. The van der Waals surface area contributed by atoms with Crippen molar-refractivity contribution in [3.05, 3.63) is 35.9 Å². The minimum absolute atomic E-state index is 0.145. The highest BCUT2D eigenvalue weighted by atomic mass is 16.5. The predicted octanol–water partition coefficient (Wildman–Crippen LogP) is 1.68. The molecule has 1 aromatic carbocycles. The second-order valence-corrected chi connectivity index (χ2v) is 5.72. The molecule has 1 aromatic rings. The van der Waals surface area contributed by atoms with Crippen LogP contribution in [0.25, 0.3) is 0 Å². The van der Waals surface area contributed by atoms with Gasteiger partial charge in [-0.25, -0.2) is 0 Å². The fraction of sp³-hybridized carbons (Fsp3) is 0.562. The summed E-state index contributed by atoms with van der Waals surface area (Å²) < 4.78 is 5.57. The van der Waals surface area contributed by atoms with Gasteiger partial charge in [-0.1, -0.05) is 30.3 Å². The third kappa shape index (κ3) is 2.72. The Hall–Kier alpha value is -1.39. The van der Waals surface area contributed by atoms with Crippen molar-refractivity contribution in [3.63, 3.8) is 0 Å². The molecule has 20 heavy (non-hydrogen) atoms. The molecule has 1 amide bonds. The Kier molecular flexibility index (Phi) is 4.03. The Morgan fingerprint density at radius 3 is 2.75 bits per heavy atom. The van der Waals surface area contributed by atoms with Crippen molar-refractivity contribution in [1.82, 2.24) is 9.80 Å². The van der Waals surface area contributed by atoms with Crippen LogP contribution in [0.5, 0.6) is 0 Å². The summed E-state index contributed by atoms with van der Waals surface area (Å²) in [5.74, 6) is 0.171.